The minimum absolute atomic E-state index is 0.0468. The predicted molar refractivity (Wildman–Crippen MR) is 124 cm³/mol. The first-order chi connectivity index (χ1) is 15.3. The molecule has 164 valence electrons. The number of ether oxygens (including phenoxy) is 1. The second-order valence-electron chi connectivity index (χ2n) is 8.41. The Morgan fingerprint density at radius 1 is 0.906 bits per heavy atom. The number of alkyl carbamates (subject to hydrolysis) is 1. The third kappa shape index (κ3) is 4.24. The molecule has 0 spiro atoms. The van der Waals surface area contributed by atoms with Crippen LogP contribution >= 0.6 is 0 Å². The van der Waals surface area contributed by atoms with Crippen LogP contribution in [0.3, 0.4) is 0 Å². The summed E-state index contributed by atoms with van der Waals surface area (Å²) in [6.45, 7) is 6.10. The zero-order chi connectivity index (χ0) is 22.8. The Bertz CT molecular complexity index is 1140. The highest BCUT2D eigenvalue weighted by Gasteiger charge is 2.29. The van der Waals surface area contributed by atoms with E-state index in [9.17, 15) is 14.7 Å². The quantitative estimate of drug-likeness (QED) is 0.530. The minimum atomic E-state index is -0.980. The molecule has 3 aromatic rings. The maximum atomic E-state index is 12.7. The molecule has 4 rings (SSSR count). The zero-order valence-electron chi connectivity index (χ0n) is 18.5. The van der Waals surface area contributed by atoms with Crippen molar-refractivity contribution >= 4 is 12.1 Å². The van der Waals surface area contributed by atoms with Crippen molar-refractivity contribution in [1.29, 1.82) is 0 Å². The molecule has 32 heavy (non-hydrogen) atoms. The molecule has 0 radical (unpaired) electrons. The molecule has 1 atom stereocenters. The molecule has 0 unspecified atom stereocenters. The monoisotopic (exact) mass is 429 g/mol. The normalized spacial score (nSPS) is 13.2. The zero-order valence-corrected chi connectivity index (χ0v) is 18.5. The van der Waals surface area contributed by atoms with Gasteiger partial charge in [-0.15, -0.1) is 0 Å². The number of aliphatic carboxylic acids is 1. The number of carbonyl (C=O) groups excluding carboxylic acids is 1. The highest BCUT2D eigenvalue weighted by atomic mass is 16.5. The van der Waals surface area contributed by atoms with E-state index in [0.29, 0.717) is 0 Å². The molecule has 0 saturated heterocycles. The molecule has 0 bridgehead atoms. The Hall–Kier alpha value is -3.60. The Balaban J connectivity index is 1.51. The lowest BCUT2D eigenvalue weighted by Gasteiger charge is -2.21. The van der Waals surface area contributed by atoms with Crippen LogP contribution in [0.15, 0.2) is 60.7 Å². The number of carboxylic acids is 1. The molecular weight excluding hydrogens is 402 g/mol. The largest absolute Gasteiger partial charge is 0.481 e. The second kappa shape index (κ2) is 8.87. The molecular formula is C27H27NO4. The molecule has 0 heterocycles. The van der Waals surface area contributed by atoms with E-state index in [1.807, 2.05) is 57.2 Å². The fourth-order valence-corrected chi connectivity index (χ4v) is 4.55. The van der Waals surface area contributed by atoms with Crippen LogP contribution in [0.4, 0.5) is 4.79 Å². The predicted octanol–water partition coefficient (Wildman–Crippen LogP) is 5.67. The van der Waals surface area contributed by atoms with Gasteiger partial charge in [-0.05, 0) is 65.3 Å². The van der Waals surface area contributed by atoms with Crippen LogP contribution in [0, 0.1) is 20.8 Å². The van der Waals surface area contributed by atoms with Gasteiger partial charge in [-0.1, -0.05) is 60.7 Å². The van der Waals surface area contributed by atoms with Crippen LogP contribution in [-0.2, 0) is 9.53 Å². The van der Waals surface area contributed by atoms with Crippen molar-refractivity contribution in [2.45, 2.75) is 39.2 Å². The summed E-state index contributed by atoms with van der Waals surface area (Å²) in [5, 5.41) is 12.2. The van der Waals surface area contributed by atoms with E-state index < -0.39 is 18.1 Å². The van der Waals surface area contributed by atoms with Gasteiger partial charge >= 0.3 is 12.1 Å². The summed E-state index contributed by atoms with van der Waals surface area (Å²) < 4.78 is 5.62. The van der Waals surface area contributed by atoms with Gasteiger partial charge in [0.2, 0.25) is 0 Å². The van der Waals surface area contributed by atoms with Crippen molar-refractivity contribution in [3.8, 4) is 11.1 Å². The number of nitrogens with one attached hydrogen (secondary N) is 1. The summed E-state index contributed by atoms with van der Waals surface area (Å²) in [7, 11) is 0. The van der Waals surface area contributed by atoms with Gasteiger partial charge in [0.1, 0.15) is 6.61 Å². The fourth-order valence-electron chi connectivity index (χ4n) is 4.55. The van der Waals surface area contributed by atoms with Crippen molar-refractivity contribution in [3.63, 3.8) is 0 Å². The Morgan fingerprint density at radius 3 is 2.06 bits per heavy atom. The summed E-state index contributed by atoms with van der Waals surface area (Å²) in [4.78, 5) is 24.2. The van der Waals surface area contributed by atoms with Crippen molar-refractivity contribution < 1.29 is 19.4 Å². The number of carboxylic acid groups (broad SMARTS) is 1. The van der Waals surface area contributed by atoms with E-state index >= 15 is 0 Å². The molecule has 2 N–H and O–H groups in total. The third-order valence-corrected chi connectivity index (χ3v) is 6.27. The lowest BCUT2D eigenvalue weighted by atomic mass is 9.94. The van der Waals surface area contributed by atoms with Crippen molar-refractivity contribution in [2.24, 2.45) is 0 Å². The van der Waals surface area contributed by atoms with Crippen molar-refractivity contribution in [3.05, 3.63) is 94.0 Å². The number of carbonyl (C=O) groups is 2. The van der Waals surface area contributed by atoms with Crippen molar-refractivity contribution in [2.75, 3.05) is 6.61 Å². The third-order valence-electron chi connectivity index (χ3n) is 6.27. The number of hydrogen-bond donors (Lipinski definition) is 2. The first kappa shape index (κ1) is 21.6. The topological polar surface area (TPSA) is 75.6 Å². The van der Waals surface area contributed by atoms with Crippen LogP contribution < -0.4 is 5.32 Å². The lowest BCUT2D eigenvalue weighted by Crippen LogP contribution is -2.32. The number of amides is 1. The van der Waals surface area contributed by atoms with E-state index in [-0.39, 0.29) is 18.9 Å². The van der Waals surface area contributed by atoms with E-state index in [2.05, 4.69) is 29.6 Å². The maximum absolute atomic E-state index is 12.7. The average Bonchev–Trinajstić information content (AvgIpc) is 3.08. The van der Waals surface area contributed by atoms with Gasteiger partial charge in [-0.3, -0.25) is 4.79 Å². The molecule has 5 heteroatoms. The molecule has 1 aliphatic carbocycles. The van der Waals surface area contributed by atoms with E-state index in [4.69, 9.17) is 4.74 Å². The molecule has 1 amide bonds. The van der Waals surface area contributed by atoms with Gasteiger partial charge in [0.05, 0.1) is 12.5 Å². The standard InChI is InChI=1S/C27H27NO4/c1-16-12-18(3)23(13-17(16)2)25(14-26(29)30)28-27(31)32-15-24-21-10-6-4-8-19(21)20-9-5-7-11-22(20)24/h4-13,24-25H,14-15H2,1-3H3,(H,28,31)(H,29,30)/t25-/m0/s1. The van der Waals surface area contributed by atoms with Crippen LogP contribution in [0.25, 0.3) is 11.1 Å². The Labute approximate surface area is 188 Å². The highest BCUT2D eigenvalue weighted by molar-refractivity contribution is 5.79. The van der Waals surface area contributed by atoms with Crippen LogP contribution in [0.1, 0.15) is 51.8 Å². The molecule has 0 saturated carbocycles. The molecule has 0 fully saturated rings. The highest BCUT2D eigenvalue weighted by Crippen LogP contribution is 2.44. The molecule has 1 aliphatic rings. The van der Waals surface area contributed by atoms with Crippen molar-refractivity contribution in [1.82, 2.24) is 5.32 Å². The Kier molecular flexibility index (Phi) is 5.99. The SMILES string of the molecule is Cc1cc(C)c([C@H](CC(=O)O)NC(=O)OCC2c3ccccc3-c3ccccc32)cc1C. The van der Waals surface area contributed by atoms with Gasteiger partial charge in [0.25, 0.3) is 0 Å². The number of aryl methyl sites for hydroxylation is 3. The van der Waals surface area contributed by atoms with Gasteiger partial charge < -0.3 is 15.2 Å². The van der Waals surface area contributed by atoms with Crippen LogP contribution in [-0.4, -0.2) is 23.8 Å². The number of fused-ring (bicyclic) bond motifs is 3. The molecule has 0 aliphatic heterocycles. The first-order valence-electron chi connectivity index (χ1n) is 10.8. The lowest BCUT2D eigenvalue weighted by molar-refractivity contribution is -0.137. The first-order valence-corrected chi connectivity index (χ1v) is 10.8. The number of hydrogen-bond acceptors (Lipinski definition) is 3. The summed E-state index contributed by atoms with van der Waals surface area (Å²) >= 11 is 0. The smallest absolute Gasteiger partial charge is 0.407 e. The van der Waals surface area contributed by atoms with Gasteiger partial charge in [-0.25, -0.2) is 4.79 Å². The van der Waals surface area contributed by atoms with E-state index in [0.717, 1.165) is 44.5 Å². The number of benzene rings is 3. The van der Waals surface area contributed by atoms with Crippen LogP contribution in [0.5, 0.6) is 0 Å². The van der Waals surface area contributed by atoms with E-state index in [1.165, 1.54) is 0 Å². The summed E-state index contributed by atoms with van der Waals surface area (Å²) in [6, 6.07) is 19.6. The number of rotatable bonds is 6. The van der Waals surface area contributed by atoms with E-state index in [1.54, 1.807) is 0 Å². The van der Waals surface area contributed by atoms with Crippen LogP contribution in [0.2, 0.25) is 0 Å². The molecule has 0 aromatic heterocycles. The maximum Gasteiger partial charge on any atom is 0.407 e. The van der Waals surface area contributed by atoms with Gasteiger partial charge in [0, 0.05) is 5.92 Å². The molecule has 3 aromatic carbocycles. The fraction of sp³-hybridized carbons (Fsp3) is 0.259. The average molecular weight is 430 g/mol. The summed E-state index contributed by atoms with van der Waals surface area (Å²) in [6.07, 6.45) is -0.830. The molecule has 5 nitrogen and oxygen atoms in total. The Morgan fingerprint density at radius 2 is 1.47 bits per heavy atom. The van der Waals surface area contributed by atoms with Gasteiger partial charge in [-0.2, -0.15) is 0 Å². The summed E-state index contributed by atoms with van der Waals surface area (Å²) in [5.74, 6) is -1.03. The summed E-state index contributed by atoms with van der Waals surface area (Å²) in [5.41, 5.74) is 8.50. The minimum Gasteiger partial charge on any atom is -0.481 e. The van der Waals surface area contributed by atoms with Gasteiger partial charge in [0.15, 0.2) is 0 Å². The second-order valence-corrected chi connectivity index (χ2v) is 8.41.